The Hall–Kier alpha value is -4.34. The van der Waals surface area contributed by atoms with Gasteiger partial charge < -0.3 is 0 Å². The lowest BCUT2D eigenvalue weighted by Gasteiger charge is -2.24. The van der Waals surface area contributed by atoms with Crippen LogP contribution >= 0.6 is 0 Å². The van der Waals surface area contributed by atoms with Gasteiger partial charge in [0, 0.05) is 11.1 Å². The third-order valence-corrected chi connectivity index (χ3v) is 6.89. The fourth-order valence-electron chi connectivity index (χ4n) is 5.16. The highest BCUT2D eigenvalue weighted by Crippen LogP contribution is 2.54. The van der Waals surface area contributed by atoms with Crippen molar-refractivity contribution in [3.05, 3.63) is 80.9 Å². The van der Waals surface area contributed by atoms with Crippen molar-refractivity contribution in [2.75, 3.05) is 0 Å². The number of hydrogen-bond acceptors (Lipinski definition) is 4. The number of halogens is 12. The Bertz CT molecular complexity index is 1430. The van der Waals surface area contributed by atoms with E-state index in [-0.39, 0.29) is 36.4 Å². The quantitative estimate of drug-likeness (QED) is 0.333. The topological polar surface area (TPSA) is 81.7 Å². The molecule has 4 rings (SSSR count). The third-order valence-electron chi connectivity index (χ3n) is 6.89. The van der Waals surface area contributed by atoms with Gasteiger partial charge in [0.15, 0.2) is 11.6 Å². The van der Waals surface area contributed by atoms with E-state index in [1.54, 1.807) is 0 Å². The number of nitrogens with zero attached hydrogens (tertiary/aromatic N) is 2. The summed E-state index contributed by atoms with van der Waals surface area (Å²) >= 11 is 0. The predicted octanol–water partition coefficient (Wildman–Crippen LogP) is 7.37. The standard InChI is InChI=1S/C26H10F12N2O2/c27-23(28,29)11-1-9(2-12(5-11)24(30,31)32)17-15(7-39)19-20(21(17)41)16(8-40)18(22(19)42)10-3-13(25(33,34)35)6-14(4-10)26(36,37)38/h1-6,15-18H. The summed E-state index contributed by atoms with van der Waals surface area (Å²) in [6, 6.07) is 2.92. The van der Waals surface area contributed by atoms with Crippen molar-refractivity contribution < 1.29 is 62.3 Å². The van der Waals surface area contributed by atoms with Gasteiger partial charge >= 0.3 is 24.7 Å². The second-order valence-corrected chi connectivity index (χ2v) is 9.40. The molecule has 4 atom stereocenters. The SMILES string of the molecule is N#CC1C2=C(C(=O)C1c1cc(C(F)(F)F)cc(C(F)(F)F)c1)C(C#N)C(c1cc(C(F)(F)F)cc(C(F)(F)F)c1)C2=O. The lowest BCUT2D eigenvalue weighted by molar-refractivity contribution is -0.144. The first kappa shape index (κ1) is 30.6. The second kappa shape index (κ2) is 9.61. The van der Waals surface area contributed by atoms with Gasteiger partial charge in [0.25, 0.3) is 0 Å². The highest BCUT2D eigenvalue weighted by molar-refractivity contribution is 6.20. The molecular weight excluding hydrogens is 600 g/mol. The number of nitriles is 2. The molecule has 2 aliphatic carbocycles. The summed E-state index contributed by atoms with van der Waals surface area (Å²) in [5.74, 6) is -11.4. The zero-order chi connectivity index (χ0) is 31.7. The number of carbonyl (C=O) groups excluding carboxylic acids is 2. The van der Waals surface area contributed by atoms with Crippen LogP contribution in [0.15, 0.2) is 47.5 Å². The van der Waals surface area contributed by atoms with E-state index in [9.17, 15) is 72.8 Å². The summed E-state index contributed by atoms with van der Waals surface area (Å²) in [7, 11) is 0. The Morgan fingerprint density at radius 2 is 0.714 bits per heavy atom. The molecule has 0 fully saturated rings. The van der Waals surface area contributed by atoms with Gasteiger partial charge in [0.1, 0.15) is 0 Å². The molecule has 2 aliphatic rings. The molecule has 0 aromatic heterocycles. The predicted molar refractivity (Wildman–Crippen MR) is 114 cm³/mol. The van der Waals surface area contributed by atoms with Crippen molar-refractivity contribution in [3.63, 3.8) is 0 Å². The fourth-order valence-corrected chi connectivity index (χ4v) is 5.16. The van der Waals surface area contributed by atoms with Crippen molar-refractivity contribution in [1.29, 1.82) is 10.5 Å². The Balaban J connectivity index is 1.87. The van der Waals surface area contributed by atoms with Gasteiger partial charge in [-0.1, -0.05) is 0 Å². The molecule has 0 saturated carbocycles. The minimum absolute atomic E-state index is 0.149. The maximum absolute atomic E-state index is 13.4. The highest BCUT2D eigenvalue weighted by Gasteiger charge is 2.57. The van der Waals surface area contributed by atoms with Crippen LogP contribution in [0.1, 0.15) is 45.2 Å². The monoisotopic (exact) mass is 610 g/mol. The second-order valence-electron chi connectivity index (χ2n) is 9.40. The molecule has 0 bridgehead atoms. The lowest BCUT2D eigenvalue weighted by Crippen LogP contribution is -2.26. The molecule has 0 radical (unpaired) electrons. The van der Waals surface area contributed by atoms with E-state index < -0.39 is 104 Å². The molecule has 2 aromatic rings. The minimum atomic E-state index is -5.36. The number of Topliss-reactive ketones (excluding diaryl/α,β-unsaturated/α-hetero) is 2. The Morgan fingerprint density at radius 1 is 0.476 bits per heavy atom. The molecular formula is C26H10F12N2O2. The maximum atomic E-state index is 13.4. The minimum Gasteiger partial charge on any atom is -0.294 e. The highest BCUT2D eigenvalue weighted by atomic mass is 19.4. The van der Waals surface area contributed by atoms with Crippen LogP contribution in [-0.4, -0.2) is 11.6 Å². The molecule has 0 aliphatic heterocycles. The number of hydrogen-bond donors (Lipinski definition) is 0. The van der Waals surface area contributed by atoms with Crippen LogP contribution in [0.5, 0.6) is 0 Å². The normalized spacial score (nSPS) is 23.2. The molecule has 42 heavy (non-hydrogen) atoms. The molecule has 0 heterocycles. The van der Waals surface area contributed by atoms with Crippen LogP contribution in [0, 0.1) is 34.5 Å². The van der Waals surface area contributed by atoms with Crippen LogP contribution in [0.2, 0.25) is 0 Å². The smallest absolute Gasteiger partial charge is 0.294 e. The lowest BCUT2D eigenvalue weighted by atomic mass is 9.76. The van der Waals surface area contributed by atoms with Gasteiger partial charge in [0.05, 0.1) is 58.1 Å². The summed E-state index contributed by atoms with van der Waals surface area (Å²) in [5.41, 5.74) is -11.1. The Labute approximate surface area is 226 Å². The van der Waals surface area contributed by atoms with Crippen molar-refractivity contribution >= 4 is 11.6 Å². The van der Waals surface area contributed by atoms with E-state index in [0.29, 0.717) is 0 Å². The first-order valence-corrected chi connectivity index (χ1v) is 11.3. The summed E-state index contributed by atoms with van der Waals surface area (Å²) < 4.78 is 161. The van der Waals surface area contributed by atoms with Crippen LogP contribution in [0.4, 0.5) is 52.7 Å². The molecule has 16 heteroatoms. The number of allylic oxidation sites excluding steroid dienone is 2. The molecule has 0 saturated heterocycles. The summed E-state index contributed by atoms with van der Waals surface area (Å²) in [4.78, 5) is 26.8. The number of benzene rings is 2. The Morgan fingerprint density at radius 3 is 0.905 bits per heavy atom. The van der Waals surface area contributed by atoms with E-state index in [0.717, 1.165) is 0 Å². The van der Waals surface area contributed by atoms with Gasteiger partial charge in [-0.15, -0.1) is 0 Å². The molecule has 4 nitrogen and oxygen atoms in total. The van der Waals surface area contributed by atoms with Crippen LogP contribution < -0.4 is 0 Å². The fraction of sp³-hybridized carbons (Fsp3) is 0.308. The molecule has 0 amide bonds. The molecule has 2 aromatic carbocycles. The zero-order valence-corrected chi connectivity index (χ0v) is 20.0. The van der Waals surface area contributed by atoms with E-state index in [4.69, 9.17) is 0 Å². The van der Waals surface area contributed by atoms with Crippen molar-refractivity contribution in [3.8, 4) is 12.1 Å². The number of rotatable bonds is 2. The van der Waals surface area contributed by atoms with E-state index >= 15 is 0 Å². The van der Waals surface area contributed by atoms with E-state index in [2.05, 4.69) is 0 Å². The van der Waals surface area contributed by atoms with Gasteiger partial charge in [-0.2, -0.15) is 63.2 Å². The average Bonchev–Trinajstić information content (AvgIpc) is 3.32. The number of carbonyl (C=O) groups is 2. The molecule has 220 valence electrons. The number of alkyl halides is 12. The summed E-state index contributed by atoms with van der Waals surface area (Å²) in [6.45, 7) is 0. The van der Waals surface area contributed by atoms with Gasteiger partial charge in [-0.3, -0.25) is 9.59 Å². The first-order valence-electron chi connectivity index (χ1n) is 11.3. The first-order chi connectivity index (χ1) is 19.1. The van der Waals surface area contributed by atoms with Gasteiger partial charge in [-0.25, -0.2) is 0 Å². The van der Waals surface area contributed by atoms with E-state index in [1.165, 1.54) is 12.1 Å². The molecule has 0 N–H and O–H groups in total. The molecule has 0 spiro atoms. The van der Waals surface area contributed by atoms with Crippen LogP contribution in [0.3, 0.4) is 0 Å². The third kappa shape index (κ3) is 5.10. The summed E-state index contributed by atoms with van der Waals surface area (Å²) in [6.07, 6.45) is -21.4. The average molecular weight is 610 g/mol. The Kier molecular flexibility index (Phi) is 7.00. The molecule has 4 unspecified atom stereocenters. The maximum Gasteiger partial charge on any atom is 0.416 e. The van der Waals surface area contributed by atoms with Gasteiger partial charge in [0.2, 0.25) is 0 Å². The van der Waals surface area contributed by atoms with E-state index in [1.807, 2.05) is 0 Å². The van der Waals surface area contributed by atoms with Crippen molar-refractivity contribution in [1.82, 2.24) is 0 Å². The summed E-state index contributed by atoms with van der Waals surface area (Å²) in [5, 5.41) is 19.5. The van der Waals surface area contributed by atoms with Crippen LogP contribution in [0.25, 0.3) is 0 Å². The zero-order valence-electron chi connectivity index (χ0n) is 20.0. The van der Waals surface area contributed by atoms with Gasteiger partial charge in [-0.05, 0) is 47.5 Å². The number of ketones is 2. The van der Waals surface area contributed by atoms with Crippen molar-refractivity contribution in [2.45, 2.75) is 36.5 Å². The largest absolute Gasteiger partial charge is 0.416 e. The van der Waals surface area contributed by atoms with Crippen LogP contribution in [-0.2, 0) is 34.3 Å². The van der Waals surface area contributed by atoms with Crippen molar-refractivity contribution in [2.24, 2.45) is 11.8 Å².